The van der Waals surface area contributed by atoms with Crippen LogP contribution in [-0.4, -0.2) is 23.6 Å². The van der Waals surface area contributed by atoms with Crippen LogP contribution in [0.25, 0.3) is 0 Å². The summed E-state index contributed by atoms with van der Waals surface area (Å²) in [6.45, 7) is 4.58. The van der Waals surface area contributed by atoms with Gasteiger partial charge in [-0.3, -0.25) is 9.78 Å². The normalized spacial score (nSPS) is 12.1. The van der Waals surface area contributed by atoms with Crippen molar-refractivity contribution in [3.05, 3.63) is 30.1 Å². The van der Waals surface area contributed by atoms with E-state index in [1.165, 1.54) is 0 Å². The number of amides is 1. The van der Waals surface area contributed by atoms with Crippen molar-refractivity contribution >= 4 is 5.91 Å². The van der Waals surface area contributed by atoms with Crippen LogP contribution in [0.2, 0.25) is 0 Å². The molecule has 1 N–H and O–H groups in total. The Morgan fingerprint density at radius 2 is 2.40 bits per heavy atom. The van der Waals surface area contributed by atoms with Gasteiger partial charge in [-0.15, -0.1) is 0 Å². The molecule has 0 fully saturated rings. The van der Waals surface area contributed by atoms with E-state index in [9.17, 15) is 4.79 Å². The lowest BCUT2D eigenvalue weighted by atomic mass is 10.3. The van der Waals surface area contributed by atoms with Crippen LogP contribution in [0.3, 0.4) is 0 Å². The van der Waals surface area contributed by atoms with Gasteiger partial charge in [-0.25, -0.2) is 0 Å². The topological polar surface area (TPSA) is 51.2 Å². The van der Waals surface area contributed by atoms with E-state index >= 15 is 0 Å². The number of aromatic nitrogens is 1. The number of ether oxygens (including phenoxy) is 1. The lowest BCUT2D eigenvalue weighted by Gasteiger charge is -2.11. The fourth-order valence-corrected chi connectivity index (χ4v) is 1.15. The van der Waals surface area contributed by atoms with Crippen LogP contribution in [-0.2, 0) is 16.1 Å². The first-order valence-electron chi connectivity index (χ1n) is 5.03. The van der Waals surface area contributed by atoms with E-state index in [0.717, 1.165) is 5.69 Å². The van der Waals surface area contributed by atoms with Crippen molar-refractivity contribution < 1.29 is 9.53 Å². The molecule has 1 aromatic heterocycles. The fraction of sp³-hybridized carbons (Fsp3) is 0.455. The second-order valence-corrected chi connectivity index (χ2v) is 3.14. The molecule has 82 valence electrons. The molecular weight excluding hydrogens is 192 g/mol. The van der Waals surface area contributed by atoms with Crippen LogP contribution in [0.4, 0.5) is 0 Å². The molecule has 0 saturated heterocycles. The molecule has 0 unspecified atom stereocenters. The van der Waals surface area contributed by atoms with E-state index in [4.69, 9.17) is 4.74 Å². The maximum absolute atomic E-state index is 11.4. The highest BCUT2D eigenvalue weighted by Crippen LogP contribution is 1.94. The molecule has 4 heteroatoms. The first-order chi connectivity index (χ1) is 7.24. The van der Waals surface area contributed by atoms with Gasteiger partial charge >= 0.3 is 0 Å². The molecule has 0 saturated carbocycles. The lowest BCUT2D eigenvalue weighted by Crippen LogP contribution is -2.34. The standard InChI is InChI=1S/C11H16N2O2/c1-3-15-9(2)11(14)13-8-10-6-4-5-7-12-10/h4-7,9H,3,8H2,1-2H3,(H,13,14)/t9-/m0/s1. The molecule has 0 aromatic carbocycles. The molecule has 0 radical (unpaired) electrons. The summed E-state index contributed by atoms with van der Waals surface area (Å²) >= 11 is 0. The Hall–Kier alpha value is -1.42. The van der Waals surface area contributed by atoms with Crippen molar-refractivity contribution in [3.8, 4) is 0 Å². The molecule has 1 rings (SSSR count). The minimum atomic E-state index is -0.404. The highest BCUT2D eigenvalue weighted by Gasteiger charge is 2.11. The van der Waals surface area contributed by atoms with Gasteiger partial charge in [0.1, 0.15) is 6.10 Å². The zero-order valence-electron chi connectivity index (χ0n) is 9.06. The summed E-state index contributed by atoms with van der Waals surface area (Å²) in [6.07, 6.45) is 1.30. The van der Waals surface area contributed by atoms with Crippen LogP contribution >= 0.6 is 0 Å². The van der Waals surface area contributed by atoms with E-state index < -0.39 is 6.10 Å². The van der Waals surface area contributed by atoms with E-state index in [1.807, 2.05) is 25.1 Å². The quantitative estimate of drug-likeness (QED) is 0.789. The molecule has 0 aliphatic rings. The number of hydrogen-bond acceptors (Lipinski definition) is 3. The molecule has 1 amide bonds. The average molecular weight is 208 g/mol. The summed E-state index contributed by atoms with van der Waals surface area (Å²) in [5, 5.41) is 2.76. The van der Waals surface area contributed by atoms with Crippen molar-refractivity contribution in [2.24, 2.45) is 0 Å². The van der Waals surface area contributed by atoms with Gasteiger partial charge in [-0.05, 0) is 26.0 Å². The number of carbonyl (C=O) groups is 1. The molecule has 1 heterocycles. The van der Waals surface area contributed by atoms with Gasteiger partial charge in [0.05, 0.1) is 12.2 Å². The zero-order chi connectivity index (χ0) is 11.1. The van der Waals surface area contributed by atoms with Crippen molar-refractivity contribution in [2.45, 2.75) is 26.5 Å². The number of rotatable bonds is 5. The Morgan fingerprint density at radius 3 is 3.00 bits per heavy atom. The summed E-state index contributed by atoms with van der Waals surface area (Å²) in [7, 11) is 0. The van der Waals surface area contributed by atoms with Gasteiger partial charge in [-0.2, -0.15) is 0 Å². The summed E-state index contributed by atoms with van der Waals surface area (Å²) in [4.78, 5) is 15.5. The number of hydrogen-bond donors (Lipinski definition) is 1. The van der Waals surface area contributed by atoms with Crippen LogP contribution in [0, 0.1) is 0 Å². The van der Waals surface area contributed by atoms with Crippen molar-refractivity contribution in [3.63, 3.8) is 0 Å². The predicted octanol–water partition coefficient (Wildman–Crippen LogP) is 1.12. The maximum atomic E-state index is 11.4. The lowest BCUT2D eigenvalue weighted by molar-refractivity contribution is -0.131. The first kappa shape index (κ1) is 11.7. The van der Waals surface area contributed by atoms with Gasteiger partial charge < -0.3 is 10.1 Å². The SMILES string of the molecule is CCO[C@@H](C)C(=O)NCc1ccccn1. The van der Waals surface area contributed by atoms with E-state index in [1.54, 1.807) is 13.1 Å². The third kappa shape index (κ3) is 4.08. The van der Waals surface area contributed by atoms with Gasteiger partial charge in [0, 0.05) is 12.8 Å². The van der Waals surface area contributed by atoms with Crippen LogP contribution in [0.5, 0.6) is 0 Å². The van der Waals surface area contributed by atoms with E-state index in [0.29, 0.717) is 13.2 Å². The molecule has 1 aromatic rings. The molecule has 0 aliphatic heterocycles. The summed E-state index contributed by atoms with van der Waals surface area (Å²) in [5.74, 6) is -0.109. The Balaban J connectivity index is 2.34. The Bertz CT molecular complexity index is 301. The number of nitrogens with zero attached hydrogens (tertiary/aromatic N) is 1. The van der Waals surface area contributed by atoms with E-state index in [-0.39, 0.29) is 5.91 Å². The van der Waals surface area contributed by atoms with Crippen molar-refractivity contribution in [2.75, 3.05) is 6.61 Å². The molecule has 15 heavy (non-hydrogen) atoms. The largest absolute Gasteiger partial charge is 0.369 e. The van der Waals surface area contributed by atoms with Crippen LogP contribution in [0.1, 0.15) is 19.5 Å². The molecule has 0 bridgehead atoms. The smallest absolute Gasteiger partial charge is 0.249 e. The third-order valence-corrected chi connectivity index (χ3v) is 1.96. The first-order valence-corrected chi connectivity index (χ1v) is 5.03. The Labute approximate surface area is 89.7 Å². The molecule has 0 spiro atoms. The molecule has 0 aliphatic carbocycles. The Kier molecular flexibility index (Phi) is 4.77. The zero-order valence-corrected chi connectivity index (χ0v) is 9.06. The average Bonchev–Trinajstić information content (AvgIpc) is 2.27. The predicted molar refractivity (Wildman–Crippen MR) is 57.2 cm³/mol. The monoisotopic (exact) mass is 208 g/mol. The van der Waals surface area contributed by atoms with Crippen molar-refractivity contribution in [1.82, 2.24) is 10.3 Å². The number of nitrogens with one attached hydrogen (secondary N) is 1. The van der Waals surface area contributed by atoms with Crippen LogP contribution < -0.4 is 5.32 Å². The second-order valence-electron chi connectivity index (χ2n) is 3.14. The molecular formula is C11H16N2O2. The van der Waals surface area contributed by atoms with Gasteiger partial charge in [0.15, 0.2) is 0 Å². The van der Waals surface area contributed by atoms with E-state index in [2.05, 4.69) is 10.3 Å². The highest BCUT2D eigenvalue weighted by atomic mass is 16.5. The minimum absolute atomic E-state index is 0.109. The summed E-state index contributed by atoms with van der Waals surface area (Å²) in [6, 6.07) is 5.60. The summed E-state index contributed by atoms with van der Waals surface area (Å²) in [5.41, 5.74) is 0.842. The Morgan fingerprint density at radius 1 is 1.60 bits per heavy atom. The van der Waals surface area contributed by atoms with Gasteiger partial charge in [0.2, 0.25) is 5.91 Å². The molecule has 4 nitrogen and oxygen atoms in total. The van der Waals surface area contributed by atoms with Gasteiger partial charge in [0.25, 0.3) is 0 Å². The molecule has 1 atom stereocenters. The maximum Gasteiger partial charge on any atom is 0.249 e. The van der Waals surface area contributed by atoms with Crippen LogP contribution in [0.15, 0.2) is 24.4 Å². The number of carbonyl (C=O) groups excluding carboxylic acids is 1. The minimum Gasteiger partial charge on any atom is -0.369 e. The highest BCUT2D eigenvalue weighted by molar-refractivity contribution is 5.80. The summed E-state index contributed by atoms with van der Waals surface area (Å²) < 4.78 is 5.16. The fourth-order valence-electron chi connectivity index (χ4n) is 1.15. The third-order valence-electron chi connectivity index (χ3n) is 1.96. The second kappa shape index (κ2) is 6.14. The number of pyridine rings is 1. The van der Waals surface area contributed by atoms with Gasteiger partial charge in [-0.1, -0.05) is 6.07 Å². The van der Waals surface area contributed by atoms with Crippen molar-refractivity contribution in [1.29, 1.82) is 0 Å².